The number of fused-ring (bicyclic) bond motifs is 1. The number of carbonyl (C=O) groups is 1. The molecule has 0 radical (unpaired) electrons. The van der Waals surface area contributed by atoms with E-state index in [0.29, 0.717) is 35.6 Å². The summed E-state index contributed by atoms with van der Waals surface area (Å²) >= 11 is 0. The second-order valence-corrected chi connectivity index (χ2v) is 7.60. The van der Waals surface area contributed by atoms with Gasteiger partial charge in [-0.2, -0.15) is 4.68 Å². The first-order valence-corrected chi connectivity index (χ1v) is 9.89. The van der Waals surface area contributed by atoms with Gasteiger partial charge in [-0.3, -0.25) is 14.4 Å². The lowest BCUT2D eigenvalue weighted by molar-refractivity contribution is -0.129. The van der Waals surface area contributed by atoms with Crippen molar-refractivity contribution in [1.82, 2.24) is 24.2 Å². The van der Waals surface area contributed by atoms with Crippen molar-refractivity contribution in [1.29, 1.82) is 0 Å². The van der Waals surface area contributed by atoms with E-state index < -0.39 is 0 Å². The predicted octanol–water partition coefficient (Wildman–Crippen LogP) is 1.98. The van der Waals surface area contributed by atoms with E-state index in [1.165, 1.54) is 28.7 Å². The van der Waals surface area contributed by atoms with Crippen LogP contribution in [0.3, 0.4) is 0 Å². The Bertz CT molecular complexity index is 1210. The summed E-state index contributed by atoms with van der Waals surface area (Å²) in [4.78, 5) is 43.4. The molecular formula is C22H26N6O3. The summed E-state index contributed by atoms with van der Waals surface area (Å²) in [6.45, 7) is 9.86. The van der Waals surface area contributed by atoms with Gasteiger partial charge in [0.05, 0.1) is 18.2 Å². The van der Waals surface area contributed by atoms with Gasteiger partial charge in [-0.1, -0.05) is 18.2 Å². The average Bonchev–Trinajstić information content (AvgIpc) is 2.73. The number of aryl methyl sites for hydroxylation is 1. The van der Waals surface area contributed by atoms with E-state index in [9.17, 15) is 14.4 Å². The maximum absolute atomic E-state index is 13.2. The summed E-state index contributed by atoms with van der Waals surface area (Å²) in [5.74, 6) is 0.240. The molecule has 0 aromatic carbocycles. The molecule has 1 aliphatic heterocycles. The lowest BCUT2D eigenvalue weighted by Crippen LogP contribution is -2.40. The number of amides is 1. The highest BCUT2D eigenvalue weighted by atomic mass is 16.2. The monoisotopic (exact) mass is 422 g/mol. The lowest BCUT2D eigenvalue weighted by Gasteiger charge is -2.29. The first-order chi connectivity index (χ1) is 14.7. The Morgan fingerprint density at radius 3 is 2.55 bits per heavy atom. The zero-order chi connectivity index (χ0) is 22.7. The number of rotatable bonds is 5. The van der Waals surface area contributed by atoms with Gasteiger partial charge < -0.3 is 14.8 Å². The first-order valence-electron chi connectivity index (χ1n) is 9.89. The Balaban J connectivity index is 2.23. The molecule has 2 aromatic heterocycles. The SMILES string of the molecule is C=C/C(=C\C=C(C)C)n1nc(Nc2cncn(C)c2=O)c2c(c1=O)CCN(C(C)=O)C2. The van der Waals surface area contributed by atoms with E-state index in [1.807, 2.05) is 19.9 Å². The molecule has 9 heteroatoms. The zero-order valence-electron chi connectivity index (χ0n) is 18.2. The van der Waals surface area contributed by atoms with Gasteiger partial charge in [0, 0.05) is 38.2 Å². The highest BCUT2D eigenvalue weighted by Crippen LogP contribution is 2.25. The van der Waals surface area contributed by atoms with Crippen molar-refractivity contribution in [3.8, 4) is 0 Å². The van der Waals surface area contributed by atoms with Crippen LogP contribution in [0.4, 0.5) is 11.5 Å². The number of anilines is 2. The summed E-state index contributed by atoms with van der Waals surface area (Å²) in [7, 11) is 1.60. The number of aromatic nitrogens is 4. The van der Waals surface area contributed by atoms with Crippen LogP contribution < -0.4 is 16.4 Å². The van der Waals surface area contributed by atoms with Crippen LogP contribution in [0.1, 0.15) is 31.9 Å². The van der Waals surface area contributed by atoms with E-state index in [1.54, 1.807) is 24.1 Å². The van der Waals surface area contributed by atoms with Crippen LogP contribution in [0.15, 0.2) is 52.5 Å². The zero-order valence-corrected chi connectivity index (χ0v) is 18.2. The minimum atomic E-state index is -0.286. The molecule has 1 aliphatic rings. The molecule has 0 saturated carbocycles. The van der Waals surface area contributed by atoms with Gasteiger partial charge in [-0.05, 0) is 32.4 Å². The van der Waals surface area contributed by atoms with Crippen molar-refractivity contribution in [2.75, 3.05) is 11.9 Å². The maximum atomic E-state index is 13.2. The number of allylic oxidation sites excluding steroid dienone is 5. The summed E-state index contributed by atoms with van der Waals surface area (Å²) in [6, 6.07) is 0. The molecule has 0 fully saturated rings. The second kappa shape index (κ2) is 8.95. The van der Waals surface area contributed by atoms with E-state index in [2.05, 4.69) is 22.0 Å². The third-order valence-electron chi connectivity index (χ3n) is 5.02. The van der Waals surface area contributed by atoms with Gasteiger partial charge in [0.25, 0.3) is 11.1 Å². The summed E-state index contributed by atoms with van der Waals surface area (Å²) in [6.07, 6.45) is 8.39. The third kappa shape index (κ3) is 4.55. The molecule has 0 aliphatic carbocycles. The Labute approximate surface area is 180 Å². The van der Waals surface area contributed by atoms with Crippen LogP contribution in [-0.4, -0.2) is 36.7 Å². The summed E-state index contributed by atoms with van der Waals surface area (Å²) in [5.41, 5.74) is 2.38. The highest BCUT2D eigenvalue weighted by molar-refractivity contribution is 5.74. The number of hydrogen-bond donors (Lipinski definition) is 1. The van der Waals surface area contributed by atoms with Gasteiger partial charge in [0.15, 0.2) is 5.82 Å². The fraction of sp³-hybridized carbons (Fsp3) is 0.318. The van der Waals surface area contributed by atoms with Gasteiger partial charge >= 0.3 is 0 Å². The normalized spacial score (nSPS) is 13.4. The van der Waals surface area contributed by atoms with E-state index >= 15 is 0 Å². The largest absolute Gasteiger partial charge is 0.338 e. The molecule has 0 bridgehead atoms. The van der Waals surface area contributed by atoms with Crippen LogP contribution in [0.5, 0.6) is 0 Å². The van der Waals surface area contributed by atoms with E-state index in [4.69, 9.17) is 0 Å². The number of nitrogens with one attached hydrogen (secondary N) is 1. The molecule has 0 saturated heterocycles. The molecule has 1 N–H and O–H groups in total. The van der Waals surface area contributed by atoms with Gasteiger partial charge in [-0.25, -0.2) is 4.98 Å². The molecule has 9 nitrogen and oxygen atoms in total. The van der Waals surface area contributed by atoms with E-state index in [-0.39, 0.29) is 29.3 Å². The fourth-order valence-electron chi connectivity index (χ4n) is 3.29. The second-order valence-electron chi connectivity index (χ2n) is 7.60. The smallest absolute Gasteiger partial charge is 0.276 e. The molecule has 3 heterocycles. The van der Waals surface area contributed by atoms with Crippen LogP contribution in [0, 0.1) is 0 Å². The van der Waals surface area contributed by atoms with Crippen LogP contribution in [0.2, 0.25) is 0 Å². The maximum Gasteiger partial charge on any atom is 0.276 e. The molecule has 0 spiro atoms. The Morgan fingerprint density at radius 2 is 1.90 bits per heavy atom. The summed E-state index contributed by atoms with van der Waals surface area (Å²) in [5, 5.41) is 7.54. The highest BCUT2D eigenvalue weighted by Gasteiger charge is 2.26. The minimum absolute atomic E-state index is 0.0895. The minimum Gasteiger partial charge on any atom is -0.338 e. The third-order valence-corrected chi connectivity index (χ3v) is 5.02. The Hall–Kier alpha value is -3.75. The van der Waals surface area contributed by atoms with Crippen LogP contribution in [0.25, 0.3) is 5.70 Å². The van der Waals surface area contributed by atoms with Crippen molar-refractivity contribution < 1.29 is 4.79 Å². The van der Waals surface area contributed by atoms with Gasteiger partial charge in [0.1, 0.15) is 5.69 Å². The predicted molar refractivity (Wildman–Crippen MR) is 120 cm³/mol. The lowest BCUT2D eigenvalue weighted by atomic mass is 10.0. The molecule has 31 heavy (non-hydrogen) atoms. The fourth-order valence-corrected chi connectivity index (χ4v) is 3.29. The Kier molecular flexibility index (Phi) is 6.33. The van der Waals surface area contributed by atoms with E-state index in [0.717, 1.165) is 5.57 Å². The molecule has 1 amide bonds. The number of carbonyl (C=O) groups excluding carboxylic acids is 1. The van der Waals surface area contributed by atoms with Crippen molar-refractivity contribution >= 4 is 23.1 Å². The molecule has 0 unspecified atom stereocenters. The molecule has 2 aromatic rings. The van der Waals surface area contributed by atoms with Crippen LogP contribution >= 0.6 is 0 Å². The standard InChI is InChI=1S/C22H26N6O3/c1-6-16(8-7-14(2)3)28-21(30)17-9-10-27(15(4)29)12-18(17)20(25-28)24-19-11-23-13-26(5)22(19)31/h6-8,11,13H,1,9-10,12H2,2-5H3,(H,24,25)/b16-8+. The molecule has 0 atom stereocenters. The Morgan fingerprint density at radius 1 is 1.16 bits per heavy atom. The first kappa shape index (κ1) is 21.9. The summed E-state index contributed by atoms with van der Waals surface area (Å²) < 4.78 is 2.62. The van der Waals surface area contributed by atoms with Gasteiger partial charge in [0.2, 0.25) is 5.91 Å². The van der Waals surface area contributed by atoms with Crippen molar-refractivity contribution in [2.24, 2.45) is 7.05 Å². The topological polar surface area (TPSA) is 102 Å². The van der Waals surface area contributed by atoms with Crippen molar-refractivity contribution in [2.45, 2.75) is 33.7 Å². The molecular weight excluding hydrogens is 396 g/mol. The number of hydrogen-bond acceptors (Lipinski definition) is 6. The van der Waals surface area contributed by atoms with Gasteiger partial charge in [-0.15, -0.1) is 5.10 Å². The number of nitrogens with zero attached hydrogens (tertiary/aromatic N) is 5. The van der Waals surface area contributed by atoms with Crippen LogP contribution in [-0.2, 0) is 24.8 Å². The molecule has 3 rings (SSSR count). The van der Waals surface area contributed by atoms with Crippen molar-refractivity contribution in [3.05, 3.63) is 74.7 Å². The molecule has 162 valence electrons. The quantitative estimate of drug-likeness (QED) is 0.740. The van der Waals surface area contributed by atoms with Crippen molar-refractivity contribution in [3.63, 3.8) is 0 Å². The average molecular weight is 422 g/mol.